The molecule has 5 aromatic rings. The Balaban J connectivity index is 1.72. The molecule has 176 valence electrons. The molecular weight excluding hydrogens is 444 g/mol. The van der Waals surface area contributed by atoms with Crippen LogP contribution in [0.3, 0.4) is 0 Å². The summed E-state index contributed by atoms with van der Waals surface area (Å²) in [6, 6.07) is 31.8. The molecule has 1 N–H and O–H groups in total. The molecule has 36 heavy (non-hydrogen) atoms. The summed E-state index contributed by atoms with van der Waals surface area (Å²) in [5, 5.41) is 14.5. The Hall–Kier alpha value is -4.69. The largest absolute Gasteiger partial charge is 0.377 e. The third kappa shape index (κ3) is 4.49. The van der Waals surface area contributed by atoms with Crippen molar-refractivity contribution in [1.29, 1.82) is 5.26 Å². The second-order valence-electron chi connectivity index (χ2n) is 8.96. The molecule has 0 saturated carbocycles. The first-order valence-corrected chi connectivity index (χ1v) is 11.9. The van der Waals surface area contributed by atoms with Gasteiger partial charge in [-0.05, 0) is 55.3 Å². The van der Waals surface area contributed by atoms with Crippen LogP contribution in [0.15, 0.2) is 102 Å². The van der Waals surface area contributed by atoms with Gasteiger partial charge >= 0.3 is 0 Å². The van der Waals surface area contributed by atoms with Crippen molar-refractivity contribution in [1.82, 2.24) is 9.55 Å². The molecule has 2 aromatic heterocycles. The van der Waals surface area contributed by atoms with Crippen LogP contribution in [0, 0.1) is 18.3 Å². The summed E-state index contributed by atoms with van der Waals surface area (Å²) in [6.45, 7) is 4.46. The number of aromatic nitrogens is 2. The van der Waals surface area contributed by atoms with Gasteiger partial charge in [-0.1, -0.05) is 66.2 Å². The standard InChI is InChI=1S/C31H26N4O/c1-21-11-13-24(14-12-21)30-26-18-25(34-22(2)28-10-6-7-17-33-28)15-16-29(26)35(31(36)27(30)19-32)20-23-8-4-3-5-9-23/h3-18,22,34H,20H2,1-2H3. The van der Waals surface area contributed by atoms with E-state index in [0.717, 1.165) is 39.0 Å². The van der Waals surface area contributed by atoms with Gasteiger partial charge in [0.25, 0.3) is 5.56 Å². The SMILES string of the molecule is Cc1ccc(-c2c(C#N)c(=O)n(Cc3ccccc3)c3ccc(NC(C)c4ccccn4)cc23)cc1. The molecule has 0 aliphatic carbocycles. The zero-order valence-corrected chi connectivity index (χ0v) is 20.3. The van der Waals surface area contributed by atoms with Gasteiger partial charge in [0, 0.05) is 22.8 Å². The van der Waals surface area contributed by atoms with Crippen molar-refractivity contribution >= 4 is 16.6 Å². The predicted molar refractivity (Wildman–Crippen MR) is 145 cm³/mol. The van der Waals surface area contributed by atoms with Crippen molar-refractivity contribution in [3.8, 4) is 17.2 Å². The maximum Gasteiger partial charge on any atom is 0.269 e. The van der Waals surface area contributed by atoms with E-state index in [9.17, 15) is 10.1 Å². The van der Waals surface area contributed by atoms with E-state index in [0.29, 0.717) is 12.1 Å². The number of benzene rings is 3. The van der Waals surface area contributed by atoms with Gasteiger partial charge in [-0.25, -0.2) is 0 Å². The maximum atomic E-state index is 13.6. The lowest BCUT2D eigenvalue weighted by Crippen LogP contribution is -2.25. The van der Waals surface area contributed by atoms with Crippen LogP contribution < -0.4 is 10.9 Å². The van der Waals surface area contributed by atoms with Crippen LogP contribution in [0.25, 0.3) is 22.0 Å². The number of pyridine rings is 2. The fourth-order valence-electron chi connectivity index (χ4n) is 4.55. The Labute approximate surface area is 210 Å². The molecule has 0 spiro atoms. The first-order valence-electron chi connectivity index (χ1n) is 11.9. The molecule has 0 aliphatic rings. The number of anilines is 1. The highest BCUT2D eigenvalue weighted by molar-refractivity contribution is 5.99. The molecule has 5 rings (SSSR count). The van der Waals surface area contributed by atoms with Crippen LogP contribution in [-0.2, 0) is 6.54 Å². The predicted octanol–water partition coefficient (Wildman–Crippen LogP) is 6.47. The Morgan fingerprint density at radius 2 is 1.72 bits per heavy atom. The maximum absolute atomic E-state index is 13.6. The molecule has 0 fully saturated rings. The Kier molecular flexibility index (Phi) is 6.34. The number of hydrogen-bond acceptors (Lipinski definition) is 4. The van der Waals surface area contributed by atoms with Crippen LogP contribution in [0.2, 0.25) is 0 Å². The normalized spacial score (nSPS) is 11.7. The number of nitrogens with one attached hydrogen (secondary N) is 1. The Bertz CT molecular complexity index is 1620. The number of aryl methyl sites for hydroxylation is 1. The van der Waals surface area contributed by atoms with Gasteiger partial charge in [0.05, 0.1) is 23.8 Å². The molecule has 5 nitrogen and oxygen atoms in total. The topological polar surface area (TPSA) is 70.7 Å². The van der Waals surface area contributed by atoms with E-state index >= 15 is 0 Å². The minimum absolute atomic E-state index is 0.0165. The smallest absolute Gasteiger partial charge is 0.269 e. The van der Waals surface area contributed by atoms with Crippen LogP contribution >= 0.6 is 0 Å². The molecule has 0 saturated heterocycles. The number of nitriles is 1. The molecular formula is C31H26N4O. The van der Waals surface area contributed by atoms with Crippen molar-refractivity contribution in [2.75, 3.05) is 5.32 Å². The van der Waals surface area contributed by atoms with E-state index in [1.54, 1.807) is 10.8 Å². The van der Waals surface area contributed by atoms with Gasteiger partial charge in [-0.3, -0.25) is 9.78 Å². The van der Waals surface area contributed by atoms with Gasteiger partial charge in [0.15, 0.2) is 0 Å². The molecule has 0 aliphatic heterocycles. The van der Waals surface area contributed by atoms with Crippen LogP contribution in [-0.4, -0.2) is 9.55 Å². The third-order valence-corrected chi connectivity index (χ3v) is 6.42. The van der Waals surface area contributed by atoms with E-state index in [1.807, 2.05) is 97.9 Å². The number of hydrogen-bond donors (Lipinski definition) is 1. The average Bonchev–Trinajstić information content (AvgIpc) is 2.91. The number of nitrogens with zero attached hydrogens (tertiary/aromatic N) is 3. The lowest BCUT2D eigenvalue weighted by molar-refractivity contribution is 0.792. The zero-order valence-electron chi connectivity index (χ0n) is 20.3. The summed E-state index contributed by atoms with van der Waals surface area (Å²) < 4.78 is 1.70. The summed E-state index contributed by atoms with van der Waals surface area (Å²) in [5.41, 5.74) is 6.10. The van der Waals surface area contributed by atoms with E-state index in [1.165, 1.54) is 0 Å². The fourth-order valence-corrected chi connectivity index (χ4v) is 4.55. The number of fused-ring (bicyclic) bond motifs is 1. The summed E-state index contributed by atoms with van der Waals surface area (Å²) in [7, 11) is 0. The minimum atomic E-state index is -0.285. The minimum Gasteiger partial charge on any atom is -0.377 e. The van der Waals surface area contributed by atoms with E-state index in [-0.39, 0.29) is 17.2 Å². The van der Waals surface area contributed by atoms with Crippen molar-refractivity contribution in [3.05, 3.63) is 130 Å². The summed E-state index contributed by atoms with van der Waals surface area (Å²) in [6.07, 6.45) is 1.78. The highest BCUT2D eigenvalue weighted by Crippen LogP contribution is 2.33. The van der Waals surface area contributed by atoms with E-state index < -0.39 is 0 Å². The zero-order chi connectivity index (χ0) is 25.1. The van der Waals surface area contributed by atoms with Crippen molar-refractivity contribution in [2.24, 2.45) is 0 Å². The second-order valence-corrected chi connectivity index (χ2v) is 8.96. The average molecular weight is 471 g/mol. The first kappa shape index (κ1) is 23.1. The first-order chi connectivity index (χ1) is 17.5. The summed E-state index contributed by atoms with van der Waals surface area (Å²) in [4.78, 5) is 18.1. The molecule has 0 bridgehead atoms. The summed E-state index contributed by atoms with van der Waals surface area (Å²) >= 11 is 0. The quantitative estimate of drug-likeness (QED) is 0.309. The highest BCUT2D eigenvalue weighted by atomic mass is 16.1. The molecule has 1 unspecified atom stereocenters. The Morgan fingerprint density at radius 3 is 2.42 bits per heavy atom. The fraction of sp³-hybridized carbons (Fsp3) is 0.129. The molecule has 3 aromatic carbocycles. The lowest BCUT2D eigenvalue weighted by Gasteiger charge is -2.19. The second kappa shape index (κ2) is 9.89. The van der Waals surface area contributed by atoms with Gasteiger partial charge in [0.2, 0.25) is 0 Å². The van der Waals surface area contributed by atoms with E-state index in [2.05, 4.69) is 23.3 Å². The molecule has 0 amide bonds. The van der Waals surface area contributed by atoms with Crippen LogP contribution in [0.4, 0.5) is 5.69 Å². The molecule has 5 heteroatoms. The van der Waals surface area contributed by atoms with E-state index in [4.69, 9.17) is 0 Å². The Morgan fingerprint density at radius 1 is 0.972 bits per heavy atom. The van der Waals surface area contributed by atoms with Crippen molar-refractivity contribution in [2.45, 2.75) is 26.4 Å². The van der Waals surface area contributed by atoms with Gasteiger partial charge in [-0.15, -0.1) is 0 Å². The van der Waals surface area contributed by atoms with Gasteiger partial charge in [-0.2, -0.15) is 5.26 Å². The molecule has 0 radical (unpaired) electrons. The van der Waals surface area contributed by atoms with Crippen molar-refractivity contribution < 1.29 is 0 Å². The highest BCUT2D eigenvalue weighted by Gasteiger charge is 2.19. The van der Waals surface area contributed by atoms with Gasteiger partial charge < -0.3 is 9.88 Å². The number of rotatable bonds is 6. The van der Waals surface area contributed by atoms with Crippen LogP contribution in [0.5, 0.6) is 0 Å². The summed E-state index contributed by atoms with van der Waals surface area (Å²) in [5.74, 6) is 0. The van der Waals surface area contributed by atoms with Crippen LogP contribution in [0.1, 0.15) is 35.3 Å². The van der Waals surface area contributed by atoms with Gasteiger partial charge in [0.1, 0.15) is 11.6 Å². The monoisotopic (exact) mass is 470 g/mol. The third-order valence-electron chi connectivity index (χ3n) is 6.42. The molecule has 1 atom stereocenters. The van der Waals surface area contributed by atoms with Crippen molar-refractivity contribution in [3.63, 3.8) is 0 Å². The molecule has 2 heterocycles. The lowest BCUT2D eigenvalue weighted by atomic mass is 9.95.